The Morgan fingerprint density at radius 2 is 1.91 bits per heavy atom. The standard InChI is InChI=1S/C15H14N2O5/c1-22-11-3-5-13(19)9(6-11)8-16-17-15(21)12-4-2-10(18)7-14(12)20/h2-8,18-20H,1H3,(H,17,21). The zero-order valence-corrected chi connectivity index (χ0v) is 11.6. The van der Waals surface area contributed by atoms with Gasteiger partial charge in [-0.25, -0.2) is 5.43 Å². The minimum Gasteiger partial charge on any atom is -0.508 e. The number of nitrogens with zero attached hydrogens (tertiary/aromatic N) is 1. The molecular weight excluding hydrogens is 288 g/mol. The number of hydrazone groups is 1. The topological polar surface area (TPSA) is 111 Å². The molecule has 22 heavy (non-hydrogen) atoms. The van der Waals surface area contributed by atoms with Crippen molar-refractivity contribution in [1.29, 1.82) is 0 Å². The summed E-state index contributed by atoms with van der Waals surface area (Å²) in [7, 11) is 1.49. The average molecular weight is 302 g/mol. The van der Waals surface area contributed by atoms with Crippen LogP contribution in [0.5, 0.6) is 23.0 Å². The van der Waals surface area contributed by atoms with Crippen LogP contribution >= 0.6 is 0 Å². The molecular formula is C15H14N2O5. The maximum atomic E-state index is 11.8. The van der Waals surface area contributed by atoms with E-state index in [1.807, 2.05) is 0 Å². The van der Waals surface area contributed by atoms with E-state index in [0.717, 1.165) is 6.07 Å². The molecule has 7 heteroatoms. The lowest BCUT2D eigenvalue weighted by atomic mass is 10.2. The van der Waals surface area contributed by atoms with Crippen LogP contribution < -0.4 is 10.2 Å². The van der Waals surface area contributed by atoms with Gasteiger partial charge in [0.05, 0.1) is 18.9 Å². The number of hydrogen-bond donors (Lipinski definition) is 4. The number of hydrogen-bond acceptors (Lipinski definition) is 6. The maximum absolute atomic E-state index is 11.8. The van der Waals surface area contributed by atoms with Crippen molar-refractivity contribution < 1.29 is 24.9 Å². The molecule has 0 radical (unpaired) electrons. The zero-order valence-electron chi connectivity index (χ0n) is 11.6. The molecule has 0 saturated carbocycles. The van der Waals surface area contributed by atoms with E-state index < -0.39 is 5.91 Å². The van der Waals surface area contributed by atoms with Crippen molar-refractivity contribution in [2.45, 2.75) is 0 Å². The third-order valence-electron chi connectivity index (χ3n) is 2.83. The molecule has 4 N–H and O–H groups in total. The third-order valence-corrected chi connectivity index (χ3v) is 2.83. The van der Waals surface area contributed by atoms with Crippen LogP contribution in [0.4, 0.5) is 0 Å². The van der Waals surface area contributed by atoms with Gasteiger partial charge in [-0.1, -0.05) is 0 Å². The molecule has 0 saturated heterocycles. The van der Waals surface area contributed by atoms with Crippen molar-refractivity contribution in [3.05, 3.63) is 47.5 Å². The van der Waals surface area contributed by atoms with Gasteiger partial charge >= 0.3 is 0 Å². The Hall–Kier alpha value is -3.22. The highest BCUT2D eigenvalue weighted by Crippen LogP contribution is 2.23. The van der Waals surface area contributed by atoms with Gasteiger partial charge in [0, 0.05) is 11.6 Å². The lowest BCUT2D eigenvalue weighted by Crippen LogP contribution is -2.17. The van der Waals surface area contributed by atoms with E-state index >= 15 is 0 Å². The Balaban J connectivity index is 2.10. The summed E-state index contributed by atoms with van der Waals surface area (Å²) in [6.45, 7) is 0. The molecule has 0 aliphatic carbocycles. The third kappa shape index (κ3) is 3.45. The molecule has 0 spiro atoms. The molecule has 7 nitrogen and oxygen atoms in total. The quantitative estimate of drug-likeness (QED) is 0.506. The van der Waals surface area contributed by atoms with Crippen molar-refractivity contribution in [2.75, 3.05) is 7.11 Å². The van der Waals surface area contributed by atoms with Crippen molar-refractivity contribution in [3.8, 4) is 23.0 Å². The first kappa shape index (κ1) is 15.2. The van der Waals surface area contributed by atoms with Crippen LogP contribution in [0.15, 0.2) is 41.5 Å². The maximum Gasteiger partial charge on any atom is 0.275 e. The molecule has 0 aliphatic rings. The average Bonchev–Trinajstić information content (AvgIpc) is 2.49. The lowest BCUT2D eigenvalue weighted by Gasteiger charge is -2.04. The van der Waals surface area contributed by atoms with E-state index in [2.05, 4.69) is 10.5 Å². The number of aromatic hydroxyl groups is 3. The minimum atomic E-state index is -0.656. The summed E-state index contributed by atoms with van der Waals surface area (Å²) in [6, 6.07) is 8.15. The van der Waals surface area contributed by atoms with Gasteiger partial charge in [-0.2, -0.15) is 5.10 Å². The van der Waals surface area contributed by atoms with Crippen LogP contribution in [0.2, 0.25) is 0 Å². The van der Waals surface area contributed by atoms with E-state index in [4.69, 9.17) is 9.84 Å². The van der Waals surface area contributed by atoms with Crippen LogP contribution in [-0.2, 0) is 0 Å². The van der Waals surface area contributed by atoms with E-state index in [1.54, 1.807) is 12.1 Å². The molecule has 0 bridgehead atoms. The monoisotopic (exact) mass is 302 g/mol. The van der Waals surface area contributed by atoms with Crippen LogP contribution in [0.3, 0.4) is 0 Å². The number of phenols is 3. The molecule has 0 fully saturated rings. The second-order valence-electron chi connectivity index (χ2n) is 4.33. The fourth-order valence-corrected chi connectivity index (χ4v) is 1.70. The fraction of sp³-hybridized carbons (Fsp3) is 0.0667. The summed E-state index contributed by atoms with van der Waals surface area (Å²) in [5, 5.41) is 32.1. The van der Waals surface area contributed by atoms with Gasteiger partial charge in [0.2, 0.25) is 0 Å². The summed E-state index contributed by atoms with van der Waals surface area (Å²) < 4.78 is 5.02. The van der Waals surface area contributed by atoms with Gasteiger partial charge in [-0.15, -0.1) is 0 Å². The van der Waals surface area contributed by atoms with E-state index in [-0.39, 0.29) is 22.8 Å². The van der Waals surface area contributed by atoms with Crippen LogP contribution in [0, 0.1) is 0 Å². The van der Waals surface area contributed by atoms with Crippen LogP contribution in [0.25, 0.3) is 0 Å². The van der Waals surface area contributed by atoms with Crippen molar-refractivity contribution in [2.24, 2.45) is 5.10 Å². The first-order valence-electron chi connectivity index (χ1n) is 6.23. The highest BCUT2D eigenvalue weighted by molar-refractivity contribution is 5.97. The first-order chi connectivity index (χ1) is 10.5. The van der Waals surface area contributed by atoms with Crippen LogP contribution in [0.1, 0.15) is 15.9 Å². The molecule has 2 rings (SSSR count). The molecule has 0 heterocycles. The second kappa shape index (κ2) is 6.49. The Morgan fingerprint density at radius 3 is 2.59 bits per heavy atom. The van der Waals surface area contributed by atoms with Gasteiger partial charge < -0.3 is 20.1 Å². The van der Waals surface area contributed by atoms with Gasteiger partial charge in [0.15, 0.2) is 0 Å². The highest BCUT2D eigenvalue weighted by atomic mass is 16.5. The smallest absolute Gasteiger partial charge is 0.275 e. The molecule has 2 aromatic rings. The van der Waals surface area contributed by atoms with Crippen molar-refractivity contribution in [3.63, 3.8) is 0 Å². The Morgan fingerprint density at radius 1 is 1.14 bits per heavy atom. The predicted octanol–water partition coefficient (Wildman–Crippen LogP) is 1.58. The molecule has 2 aromatic carbocycles. The first-order valence-corrected chi connectivity index (χ1v) is 6.23. The summed E-state index contributed by atoms with van der Waals surface area (Å²) in [6.07, 6.45) is 1.24. The lowest BCUT2D eigenvalue weighted by molar-refractivity contribution is 0.0952. The summed E-state index contributed by atoms with van der Waals surface area (Å²) in [5.74, 6) is -0.667. The summed E-state index contributed by atoms with van der Waals surface area (Å²) >= 11 is 0. The SMILES string of the molecule is COc1ccc(O)c(C=NNC(=O)c2ccc(O)cc2O)c1. The summed E-state index contributed by atoms with van der Waals surface area (Å²) in [5.41, 5.74) is 2.53. The van der Waals surface area contributed by atoms with Gasteiger partial charge in [0.25, 0.3) is 5.91 Å². The Kier molecular flexibility index (Phi) is 4.47. The molecule has 0 aliphatic heterocycles. The van der Waals surface area contributed by atoms with E-state index in [0.29, 0.717) is 11.3 Å². The molecule has 1 amide bonds. The van der Waals surface area contributed by atoms with Crippen molar-refractivity contribution >= 4 is 12.1 Å². The number of carbonyl (C=O) groups is 1. The highest BCUT2D eigenvalue weighted by Gasteiger charge is 2.10. The molecule has 0 aromatic heterocycles. The molecule has 0 atom stereocenters. The normalized spacial score (nSPS) is 10.6. The number of rotatable bonds is 4. The number of carbonyl (C=O) groups excluding carboxylic acids is 1. The number of phenolic OH excluding ortho intramolecular Hbond substituents is 3. The van der Waals surface area contributed by atoms with Gasteiger partial charge in [-0.3, -0.25) is 4.79 Å². The minimum absolute atomic E-state index is 0.0220. The van der Waals surface area contributed by atoms with Crippen LogP contribution in [-0.4, -0.2) is 34.6 Å². The second-order valence-corrected chi connectivity index (χ2v) is 4.33. The zero-order chi connectivity index (χ0) is 16.1. The number of nitrogens with one attached hydrogen (secondary N) is 1. The Bertz CT molecular complexity index is 728. The predicted molar refractivity (Wildman–Crippen MR) is 79.5 cm³/mol. The fourth-order valence-electron chi connectivity index (χ4n) is 1.70. The number of methoxy groups -OCH3 is 1. The van der Waals surface area contributed by atoms with Gasteiger partial charge in [0.1, 0.15) is 23.0 Å². The number of benzene rings is 2. The number of ether oxygens (including phenoxy) is 1. The van der Waals surface area contributed by atoms with Gasteiger partial charge in [-0.05, 0) is 30.3 Å². The van der Waals surface area contributed by atoms with E-state index in [1.165, 1.54) is 31.5 Å². The van der Waals surface area contributed by atoms with E-state index in [9.17, 15) is 15.0 Å². The number of amides is 1. The molecule has 114 valence electrons. The molecule has 0 unspecified atom stereocenters. The summed E-state index contributed by atoms with van der Waals surface area (Å²) in [4.78, 5) is 11.8. The Labute approximate surface area is 126 Å². The largest absolute Gasteiger partial charge is 0.508 e. The van der Waals surface area contributed by atoms with Crippen molar-refractivity contribution in [1.82, 2.24) is 5.43 Å².